The van der Waals surface area contributed by atoms with Crippen molar-refractivity contribution in [3.8, 4) is 0 Å². The van der Waals surface area contributed by atoms with Gasteiger partial charge in [0.25, 0.3) is 5.91 Å². The molecule has 0 spiro atoms. The van der Waals surface area contributed by atoms with Gasteiger partial charge in [-0.2, -0.15) is 0 Å². The molecule has 2 fully saturated rings. The Bertz CT molecular complexity index is 907. The van der Waals surface area contributed by atoms with E-state index >= 15 is 0 Å². The molecule has 4 rings (SSSR count). The van der Waals surface area contributed by atoms with Crippen LogP contribution in [-0.2, 0) is 9.59 Å². The fourth-order valence-electron chi connectivity index (χ4n) is 3.95. The molecule has 1 atom stereocenters. The Balaban J connectivity index is 1.32. The number of nitrogens with zero attached hydrogens (tertiary/aromatic N) is 3. The van der Waals surface area contributed by atoms with Crippen LogP contribution in [0.25, 0.3) is 6.08 Å². The van der Waals surface area contributed by atoms with Crippen LogP contribution in [0.1, 0.15) is 12.0 Å². The molecule has 2 aromatic carbocycles. The second-order valence-corrected chi connectivity index (χ2v) is 8.33. The average molecular weight is 454 g/mol. The second kappa shape index (κ2) is 9.03. The third-order valence-corrected chi connectivity index (χ3v) is 6.00. The SMILES string of the molecule is O=C1C[C@@H](N2CCN(C/C=C/c3ccccc3)CC2)C(=O)N1c1cccc(Br)c1. The Morgan fingerprint density at radius 3 is 2.45 bits per heavy atom. The topological polar surface area (TPSA) is 43.9 Å². The number of halogens is 1. The Labute approximate surface area is 179 Å². The molecule has 150 valence electrons. The van der Waals surface area contributed by atoms with Crippen LogP contribution >= 0.6 is 15.9 Å². The largest absolute Gasteiger partial charge is 0.297 e. The minimum atomic E-state index is -0.344. The highest BCUT2D eigenvalue weighted by atomic mass is 79.9. The summed E-state index contributed by atoms with van der Waals surface area (Å²) >= 11 is 3.41. The van der Waals surface area contributed by atoms with Gasteiger partial charge in [-0.3, -0.25) is 19.4 Å². The molecule has 0 saturated carbocycles. The number of benzene rings is 2. The molecule has 0 radical (unpaired) electrons. The highest BCUT2D eigenvalue weighted by Gasteiger charge is 2.43. The van der Waals surface area contributed by atoms with E-state index in [0.717, 1.165) is 37.2 Å². The molecule has 0 bridgehead atoms. The van der Waals surface area contributed by atoms with Crippen molar-refractivity contribution < 1.29 is 9.59 Å². The Kier molecular flexibility index (Phi) is 6.23. The van der Waals surface area contributed by atoms with Crippen molar-refractivity contribution in [3.05, 3.63) is 70.7 Å². The monoisotopic (exact) mass is 453 g/mol. The molecule has 2 aliphatic heterocycles. The highest BCUT2D eigenvalue weighted by Crippen LogP contribution is 2.28. The summed E-state index contributed by atoms with van der Waals surface area (Å²) in [5.74, 6) is -0.225. The molecule has 2 saturated heterocycles. The molecule has 6 heteroatoms. The van der Waals surface area contributed by atoms with Gasteiger partial charge in [-0.25, -0.2) is 4.90 Å². The van der Waals surface area contributed by atoms with Gasteiger partial charge >= 0.3 is 0 Å². The highest BCUT2D eigenvalue weighted by molar-refractivity contribution is 9.10. The number of hydrogen-bond donors (Lipinski definition) is 0. The number of rotatable bonds is 5. The fraction of sp³-hybridized carbons (Fsp3) is 0.304. The van der Waals surface area contributed by atoms with Crippen LogP contribution in [0.15, 0.2) is 65.1 Å². The van der Waals surface area contributed by atoms with E-state index in [9.17, 15) is 9.59 Å². The molecule has 0 aromatic heterocycles. The van der Waals surface area contributed by atoms with E-state index in [0.29, 0.717) is 5.69 Å². The standard InChI is InChI=1S/C23H24BrN3O2/c24-19-9-4-10-20(16-19)27-22(28)17-21(23(27)29)26-14-12-25(13-15-26)11-5-8-18-6-2-1-3-7-18/h1-10,16,21H,11-15,17H2/b8-5+/t21-/m1/s1. The van der Waals surface area contributed by atoms with Crippen molar-refractivity contribution in [3.63, 3.8) is 0 Å². The summed E-state index contributed by atoms with van der Waals surface area (Å²) in [7, 11) is 0. The van der Waals surface area contributed by atoms with Crippen molar-refractivity contribution in [2.45, 2.75) is 12.5 Å². The number of piperazine rings is 1. The summed E-state index contributed by atoms with van der Waals surface area (Å²) in [6, 6.07) is 17.3. The lowest BCUT2D eigenvalue weighted by Crippen LogP contribution is -2.52. The van der Waals surface area contributed by atoms with Gasteiger partial charge in [0.15, 0.2) is 0 Å². The fourth-order valence-corrected chi connectivity index (χ4v) is 4.33. The lowest BCUT2D eigenvalue weighted by molar-refractivity contribution is -0.123. The molecular formula is C23H24BrN3O2. The smallest absolute Gasteiger partial charge is 0.251 e. The van der Waals surface area contributed by atoms with Gasteiger partial charge in [0, 0.05) is 37.2 Å². The number of imide groups is 1. The predicted octanol–water partition coefficient (Wildman–Crippen LogP) is 3.41. The van der Waals surface area contributed by atoms with E-state index in [-0.39, 0.29) is 24.3 Å². The molecule has 2 heterocycles. The molecule has 2 amide bonds. The van der Waals surface area contributed by atoms with Crippen LogP contribution in [0, 0.1) is 0 Å². The molecule has 0 N–H and O–H groups in total. The second-order valence-electron chi connectivity index (χ2n) is 7.42. The zero-order chi connectivity index (χ0) is 20.2. The molecule has 2 aromatic rings. The lowest BCUT2D eigenvalue weighted by Gasteiger charge is -2.36. The van der Waals surface area contributed by atoms with Gasteiger partial charge in [-0.15, -0.1) is 0 Å². The summed E-state index contributed by atoms with van der Waals surface area (Å²) in [5.41, 5.74) is 1.84. The van der Waals surface area contributed by atoms with Crippen molar-refractivity contribution in [2.24, 2.45) is 0 Å². The first-order valence-electron chi connectivity index (χ1n) is 9.92. The van der Waals surface area contributed by atoms with Crippen LogP contribution in [0.3, 0.4) is 0 Å². The van der Waals surface area contributed by atoms with E-state index < -0.39 is 0 Å². The molecule has 29 heavy (non-hydrogen) atoms. The average Bonchev–Trinajstić information content (AvgIpc) is 3.03. The van der Waals surface area contributed by atoms with E-state index in [1.165, 1.54) is 10.5 Å². The summed E-state index contributed by atoms with van der Waals surface area (Å²) < 4.78 is 0.858. The van der Waals surface area contributed by atoms with Gasteiger partial charge < -0.3 is 0 Å². The van der Waals surface area contributed by atoms with Gasteiger partial charge in [0.05, 0.1) is 18.2 Å². The third-order valence-electron chi connectivity index (χ3n) is 5.51. The Hall–Kier alpha value is -2.28. The summed E-state index contributed by atoms with van der Waals surface area (Å²) in [4.78, 5) is 31.4. The third kappa shape index (κ3) is 4.66. The van der Waals surface area contributed by atoms with Gasteiger partial charge in [0.2, 0.25) is 5.91 Å². The predicted molar refractivity (Wildman–Crippen MR) is 119 cm³/mol. The summed E-state index contributed by atoms with van der Waals surface area (Å²) in [6.07, 6.45) is 4.59. The van der Waals surface area contributed by atoms with E-state index in [1.807, 2.05) is 36.4 Å². The number of carbonyl (C=O) groups is 2. The van der Waals surface area contributed by atoms with Crippen LogP contribution in [0.5, 0.6) is 0 Å². The maximum absolute atomic E-state index is 13.0. The molecule has 5 nitrogen and oxygen atoms in total. The van der Waals surface area contributed by atoms with Crippen LogP contribution in [0.4, 0.5) is 5.69 Å². The minimum Gasteiger partial charge on any atom is -0.297 e. The Morgan fingerprint density at radius 2 is 1.72 bits per heavy atom. The number of carbonyl (C=O) groups excluding carboxylic acids is 2. The van der Waals surface area contributed by atoms with Crippen molar-refractivity contribution >= 4 is 39.5 Å². The summed E-state index contributed by atoms with van der Waals surface area (Å²) in [6.45, 7) is 4.29. The van der Waals surface area contributed by atoms with E-state index in [4.69, 9.17) is 0 Å². The Morgan fingerprint density at radius 1 is 0.966 bits per heavy atom. The lowest BCUT2D eigenvalue weighted by atomic mass is 10.1. The number of anilines is 1. The molecule has 0 unspecified atom stereocenters. The first-order chi connectivity index (χ1) is 14.1. The van der Waals surface area contributed by atoms with Gasteiger partial charge in [-0.1, -0.05) is 64.5 Å². The van der Waals surface area contributed by atoms with Crippen molar-refractivity contribution in [1.82, 2.24) is 9.80 Å². The molecule has 0 aliphatic carbocycles. The zero-order valence-electron chi connectivity index (χ0n) is 16.2. The first-order valence-corrected chi connectivity index (χ1v) is 10.7. The van der Waals surface area contributed by atoms with Gasteiger partial charge in [0.1, 0.15) is 0 Å². The summed E-state index contributed by atoms with van der Waals surface area (Å²) in [5, 5.41) is 0. The number of amides is 2. The molecule has 2 aliphatic rings. The minimum absolute atomic E-state index is 0.106. The van der Waals surface area contributed by atoms with E-state index in [1.54, 1.807) is 6.07 Å². The van der Waals surface area contributed by atoms with Crippen molar-refractivity contribution in [1.29, 1.82) is 0 Å². The first kappa shape index (κ1) is 20.0. The van der Waals surface area contributed by atoms with Crippen LogP contribution in [-0.4, -0.2) is 60.4 Å². The quantitative estimate of drug-likeness (QED) is 0.650. The molecular weight excluding hydrogens is 430 g/mol. The van der Waals surface area contributed by atoms with Crippen LogP contribution in [0.2, 0.25) is 0 Å². The van der Waals surface area contributed by atoms with E-state index in [2.05, 4.69) is 50.0 Å². The van der Waals surface area contributed by atoms with Crippen LogP contribution < -0.4 is 4.90 Å². The zero-order valence-corrected chi connectivity index (χ0v) is 17.8. The number of hydrogen-bond acceptors (Lipinski definition) is 4. The van der Waals surface area contributed by atoms with Gasteiger partial charge in [-0.05, 0) is 23.8 Å². The van der Waals surface area contributed by atoms with Crippen molar-refractivity contribution in [2.75, 3.05) is 37.6 Å². The maximum atomic E-state index is 13.0. The maximum Gasteiger partial charge on any atom is 0.251 e. The normalized spacial score (nSPS) is 21.4.